The first kappa shape index (κ1) is 28.8. The van der Waals surface area contributed by atoms with Crippen LogP contribution >= 0.6 is 23.5 Å². The van der Waals surface area contributed by atoms with Gasteiger partial charge in [-0.05, 0) is 85.8 Å². The standard InChI is InChI=1S/C30H48O3S2/c1-20-21(2)28(31)26(30(3,4)5)19-22(20)18-25(29(32)33)27(35-24-14-10-7-11-15-24)16-17-34-23-12-8-6-9-13-23/h19,23-25,27,31H,6-18H2,1-5H3,(H,32,33). The average Bonchev–Trinajstić information content (AvgIpc) is 2.82. The number of aromatic hydroxyl groups is 1. The fraction of sp³-hybridized carbons (Fsp3) is 0.767. The second kappa shape index (κ2) is 13.1. The van der Waals surface area contributed by atoms with E-state index in [-0.39, 0.29) is 10.7 Å². The van der Waals surface area contributed by atoms with Crippen LogP contribution in [0.15, 0.2) is 6.07 Å². The van der Waals surface area contributed by atoms with E-state index in [1.54, 1.807) is 0 Å². The number of carboxylic acids is 1. The van der Waals surface area contributed by atoms with E-state index in [0.29, 0.717) is 17.4 Å². The molecule has 2 atom stereocenters. The molecule has 2 saturated carbocycles. The van der Waals surface area contributed by atoms with Crippen molar-refractivity contribution in [2.24, 2.45) is 5.92 Å². The SMILES string of the molecule is Cc1c(CC(C(=O)O)C(CCSC2CCCCC2)SC2CCCCC2)cc(C(C)(C)C)c(O)c1C. The molecule has 2 N–H and O–H groups in total. The maximum Gasteiger partial charge on any atom is 0.307 e. The monoisotopic (exact) mass is 520 g/mol. The molecule has 0 aromatic heterocycles. The molecule has 3 rings (SSSR count). The smallest absolute Gasteiger partial charge is 0.307 e. The Kier molecular flexibility index (Phi) is 10.8. The molecule has 2 unspecified atom stereocenters. The van der Waals surface area contributed by atoms with Crippen molar-refractivity contribution in [1.82, 2.24) is 0 Å². The highest BCUT2D eigenvalue weighted by atomic mass is 32.2. The van der Waals surface area contributed by atoms with Crippen LogP contribution < -0.4 is 0 Å². The lowest BCUT2D eigenvalue weighted by molar-refractivity contribution is -0.141. The lowest BCUT2D eigenvalue weighted by atomic mass is 9.81. The Hall–Kier alpha value is -0.810. The number of hydrogen-bond acceptors (Lipinski definition) is 4. The average molecular weight is 521 g/mol. The van der Waals surface area contributed by atoms with Gasteiger partial charge in [0.15, 0.2) is 0 Å². The lowest BCUT2D eigenvalue weighted by Gasteiger charge is -2.31. The van der Waals surface area contributed by atoms with Gasteiger partial charge in [0, 0.05) is 15.7 Å². The molecule has 198 valence electrons. The molecule has 1 aromatic carbocycles. The third kappa shape index (κ3) is 8.09. The molecule has 1 aromatic rings. The second-order valence-corrected chi connectivity index (χ2v) is 14.9. The highest BCUT2D eigenvalue weighted by Crippen LogP contribution is 2.41. The predicted molar refractivity (Wildman–Crippen MR) is 153 cm³/mol. The van der Waals surface area contributed by atoms with Gasteiger partial charge in [-0.25, -0.2) is 0 Å². The Labute approximate surface area is 222 Å². The predicted octanol–water partition coefficient (Wildman–Crippen LogP) is 8.44. The number of thioether (sulfide) groups is 2. The first-order valence-electron chi connectivity index (χ1n) is 13.9. The van der Waals surface area contributed by atoms with Crippen LogP contribution in [0.25, 0.3) is 0 Å². The topological polar surface area (TPSA) is 57.5 Å². The van der Waals surface area contributed by atoms with Crippen LogP contribution in [-0.2, 0) is 16.6 Å². The summed E-state index contributed by atoms with van der Waals surface area (Å²) in [5.41, 5.74) is 3.75. The van der Waals surface area contributed by atoms with Gasteiger partial charge in [0.25, 0.3) is 0 Å². The van der Waals surface area contributed by atoms with Crippen LogP contribution in [0.3, 0.4) is 0 Å². The van der Waals surface area contributed by atoms with E-state index in [9.17, 15) is 15.0 Å². The summed E-state index contributed by atoms with van der Waals surface area (Å²) in [6.45, 7) is 10.3. The van der Waals surface area contributed by atoms with Gasteiger partial charge in [-0.2, -0.15) is 23.5 Å². The summed E-state index contributed by atoms with van der Waals surface area (Å²) >= 11 is 4.08. The maximum atomic E-state index is 12.7. The van der Waals surface area contributed by atoms with Crippen molar-refractivity contribution in [3.63, 3.8) is 0 Å². The first-order valence-corrected chi connectivity index (χ1v) is 15.9. The first-order chi connectivity index (χ1) is 16.6. The molecule has 2 aliphatic rings. The van der Waals surface area contributed by atoms with Crippen molar-refractivity contribution in [3.05, 3.63) is 28.3 Å². The van der Waals surface area contributed by atoms with Crippen LogP contribution in [0.5, 0.6) is 5.75 Å². The highest BCUT2D eigenvalue weighted by molar-refractivity contribution is 8.01. The normalized spacial score (nSPS) is 20.0. The molecule has 2 aliphatic carbocycles. The molecule has 2 fully saturated rings. The number of phenolic OH excluding ortho intramolecular Hbond substituents is 1. The zero-order valence-corrected chi connectivity index (χ0v) is 24.3. The van der Waals surface area contributed by atoms with E-state index in [1.807, 2.05) is 25.6 Å². The molecule has 0 bridgehead atoms. The Morgan fingerprint density at radius 2 is 1.54 bits per heavy atom. The number of rotatable bonds is 10. The van der Waals surface area contributed by atoms with Gasteiger partial charge >= 0.3 is 5.97 Å². The number of phenols is 1. The summed E-state index contributed by atoms with van der Waals surface area (Å²) in [7, 11) is 0. The molecule has 0 spiro atoms. The Morgan fingerprint density at radius 1 is 0.971 bits per heavy atom. The number of carbonyl (C=O) groups is 1. The van der Waals surface area contributed by atoms with E-state index in [0.717, 1.165) is 39.7 Å². The minimum absolute atomic E-state index is 0.137. The summed E-state index contributed by atoms with van der Waals surface area (Å²) in [5.74, 6) is 0.370. The summed E-state index contributed by atoms with van der Waals surface area (Å²) in [6.07, 6.45) is 14.6. The largest absolute Gasteiger partial charge is 0.507 e. The number of benzene rings is 1. The van der Waals surface area contributed by atoms with Crippen molar-refractivity contribution in [1.29, 1.82) is 0 Å². The van der Waals surface area contributed by atoms with E-state index < -0.39 is 11.9 Å². The van der Waals surface area contributed by atoms with Crippen LogP contribution in [0.2, 0.25) is 0 Å². The van der Waals surface area contributed by atoms with Crippen LogP contribution in [0.1, 0.15) is 114 Å². The van der Waals surface area contributed by atoms with Crippen LogP contribution in [-0.4, -0.2) is 37.7 Å². The molecule has 0 heterocycles. The van der Waals surface area contributed by atoms with Crippen molar-refractivity contribution >= 4 is 29.5 Å². The number of aliphatic carboxylic acids is 1. The van der Waals surface area contributed by atoms with Crippen LogP contribution in [0, 0.1) is 19.8 Å². The van der Waals surface area contributed by atoms with E-state index in [2.05, 4.69) is 38.6 Å². The van der Waals surface area contributed by atoms with E-state index in [1.165, 1.54) is 64.2 Å². The van der Waals surface area contributed by atoms with Gasteiger partial charge in [0.2, 0.25) is 0 Å². The molecular weight excluding hydrogens is 472 g/mol. The molecule has 0 amide bonds. The molecule has 35 heavy (non-hydrogen) atoms. The van der Waals surface area contributed by atoms with Crippen molar-refractivity contribution in [2.45, 2.75) is 133 Å². The summed E-state index contributed by atoms with van der Waals surface area (Å²) in [6, 6.07) is 2.09. The maximum absolute atomic E-state index is 12.7. The second-order valence-electron chi connectivity index (χ2n) is 11.9. The van der Waals surface area contributed by atoms with Gasteiger partial charge < -0.3 is 10.2 Å². The highest BCUT2D eigenvalue weighted by Gasteiger charge is 2.33. The van der Waals surface area contributed by atoms with Gasteiger partial charge in [0.05, 0.1) is 5.92 Å². The van der Waals surface area contributed by atoms with E-state index >= 15 is 0 Å². The number of hydrogen-bond donors (Lipinski definition) is 2. The van der Waals surface area contributed by atoms with Crippen molar-refractivity contribution < 1.29 is 15.0 Å². The molecule has 3 nitrogen and oxygen atoms in total. The zero-order valence-electron chi connectivity index (χ0n) is 22.7. The molecular formula is C30H48O3S2. The Balaban J connectivity index is 1.82. The minimum atomic E-state index is -0.664. The fourth-order valence-electron chi connectivity index (χ4n) is 5.76. The van der Waals surface area contributed by atoms with Gasteiger partial charge in [-0.15, -0.1) is 0 Å². The Bertz CT molecular complexity index is 833. The molecule has 0 radical (unpaired) electrons. The summed E-state index contributed by atoms with van der Waals surface area (Å²) in [4.78, 5) is 12.7. The van der Waals surface area contributed by atoms with Gasteiger partial charge in [0.1, 0.15) is 5.75 Å². The zero-order chi connectivity index (χ0) is 25.6. The molecule has 5 heteroatoms. The van der Waals surface area contributed by atoms with Gasteiger partial charge in [-0.1, -0.05) is 65.4 Å². The lowest BCUT2D eigenvalue weighted by Crippen LogP contribution is -2.31. The third-order valence-corrected chi connectivity index (χ3v) is 11.4. The number of carboxylic acid groups (broad SMARTS) is 1. The third-order valence-electron chi connectivity index (χ3n) is 8.21. The molecule has 0 saturated heterocycles. The fourth-order valence-corrected chi connectivity index (χ4v) is 9.06. The summed E-state index contributed by atoms with van der Waals surface area (Å²) < 4.78 is 0. The van der Waals surface area contributed by atoms with Gasteiger partial charge in [-0.3, -0.25) is 4.79 Å². The quantitative estimate of drug-likeness (QED) is 0.324. The van der Waals surface area contributed by atoms with E-state index in [4.69, 9.17) is 0 Å². The van der Waals surface area contributed by atoms with Crippen molar-refractivity contribution in [3.8, 4) is 5.75 Å². The van der Waals surface area contributed by atoms with Crippen molar-refractivity contribution in [2.75, 3.05) is 5.75 Å². The summed E-state index contributed by atoms with van der Waals surface area (Å²) in [5, 5.41) is 22.8. The minimum Gasteiger partial charge on any atom is -0.507 e. The van der Waals surface area contributed by atoms with Crippen LogP contribution in [0.4, 0.5) is 0 Å². The molecule has 0 aliphatic heterocycles. The Morgan fingerprint density at radius 3 is 2.09 bits per heavy atom.